The summed E-state index contributed by atoms with van der Waals surface area (Å²) in [5.74, 6) is 0.0558. The number of ether oxygens (including phenoxy) is 1. The number of amides is 2. The Hall–Kier alpha value is -3.46. The van der Waals surface area contributed by atoms with Gasteiger partial charge in [0.05, 0.1) is 12.7 Å². The molecule has 0 fully saturated rings. The number of hydrazine groups is 1. The summed E-state index contributed by atoms with van der Waals surface area (Å²) in [6.07, 6.45) is 3.52. The van der Waals surface area contributed by atoms with E-state index in [-0.39, 0.29) is 18.4 Å². The summed E-state index contributed by atoms with van der Waals surface area (Å²) in [6.45, 7) is 0. The van der Waals surface area contributed by atoms with Gasteiger partial charge in [-0.25, -0.2) is 0 Å². The highest BCUT2D eigenvalue weighted by Crippen LogP contribution is 2.22. The molecule has 0 saturated carbocycles. The number of nitrogens with one attached hydrogen (secondary N) is 2. The summed E-state index contributed by atoms with van der Waals surface area (Å²) in [7, 11) is 1.42. The molecular weight excluding hydrogens is 386 g/mol. The second-order valence-corrected chi connectivity index (χ2v) is 6.04. The Morgan fingerprint density at radius 3 is 2.86 bits per heavy atom. The van der Waals surface area contributed by atoms with Crippen molar-refractivity contribution >= 4 is 23.4 Å². The summed E-state index contributed by atoms with van der Waals surface area (Å²) in [4.78, 5) is 32.3. The lowest BCUT2D eigenvalue weighted by Crippen LogP contribution is -2.41. The number of carbonyl (C=O) groups is 2. The topological polar surface area (TPSA) is 119 Å². The van der Waals surface area contributed by atoms with Crippen molar-refractivity contribution in [3.05, 3.63) is 59.2 Å². The van der Waals surface area contributed by atoms with E-state index < -0.39 is 11.8 Å². The van der Waals surface area contributed by atoms with Gasteiger partial charge in [0.15, 0.2) is 0 Å². The van der Waals surface area contributed by atoms with E-state index in [2.05, 4.69) is 26.0 Å². The normalized spacial score (nSPS) is 10.4. The van der Waals surface area contributed by atoms with Crippen molar-refractivity contribution in [2.45, 2.75) is 12.8 Å². The van der Waals surface area contributed by atoms with E-state index in [0.717, 1.165) is 0 Å². The predicted molar refractivity (Wildman–Crippen MR) is 99.5 cm³/mol. The summed E-state index contributed by atoms with van der Waals surface area (Å²) in [5.41, 5.74) is 5.61. The fourth-order valence-corrected chi connectivity index (χ4v) is 2.46. The van der Waals surface area contributed by atoms with Gasteiger partial charge in [-0.2, -0.15) is 4.98 Å². The molecule has 0 aliphatic heterocycles. The molecule has 1 aromatic carbocycles. The van der Waals surface area contributed by atoms with E-state index in [0.29, 0.717) is 28.1 Å². The molecule has 2 aromatic heterocycles. The van der Waals surface area contributed by atoms with Crippen molar-refractivity contribution in [3.63, 3.8) is 0 Å². The first kappa shape index (κ1) is 19.3. The molecule has 144 valence electrons. The molecule has 0 unspecified atom stereocenters. The Morgan fingerprint density at radius 1 is 1.25 bits per heavy atom. The maximum Gasteiger partial charge on any atom is 0.273 e. The predicted octanol–water partition coefficient (Wildman–Crippen LogP) is 2.19. The van der Waals surface area contributed by atoms with E-state index in [4.69, 9.17) is 20.9 Å². The van der Waals surface area contributed by atoms with Crippen LogP contribution in [0.5, 0.6) is 5.75 Å². The zero-order valence-corrected chi connectivity index (χ0v) is 15.6. The largest absolute Gasteiger partial charge is 0.496 e. The maximum atomic E-state index is 12.2. The highest BCUT2D eigenvalue weighted by atomic mass is 35.5. The highest BCUT2D eigenvalue weighted by molar-refractivity contribution is 6.30. The van der Waals surface area contributed by atoms with Crippen molar-refractivity contribution in [2.24, 2.45) is 0 Å². The molecule has 3 aromatic rings. The van der Waals surface area contributed by atoms with Crippen LogP contribution in [0.1, 0.15) is 22.7 Å². The number of aryl methyl sites for hydroxylation is 1. The molecule has 3 rings (SSSR count). The Bertz CT molecular complexity index is 977. The maximum absolute atomic E-state index is 12.2. The van der Waals surface area contributed by atoms with Crippen LogP contribution in [0.2, 0.25) is 5.02 Å². The summed E-state index contributed by atoms with van der Waals surface area (Å²) in [5, 5.41) is 4.29. The second-order valence-electron chi connectivity index (χ2n) is 5.60. The van der Waals surface area contributed by atoms with Crippen LogP contribution in [-0.4, -0.2) is 34.0 Å². The van der Waals surface area contributed by atoms with Crippen LogP contribution in [0.4, 0.5) is 0 Å². The van der Waals surface area contributed by atoms with E-state index in [9.17, 15) is 9.59 Å². The molecule has 28 heavy (non-hydrogen) atoms. The minimum Gasteiger partial charge on any atom is -0.496 e. The third-order valence-electron chi connectivity index (χ3n) is 3.68. The zero-order valence-electron chi connectivity index (χ0n) is 14.8. The zero-order chi connectivity index (χ0) is 19.9. The van der Waals surface area contributed by atoms with Gasteiger partial charge in [-0.05, 0) is 30.3 Å². The molecule has 10 heteroatoms. The Labute approximate surface area is 165 Å². The van der Waals surface area contributed by atoms with Crippen molar-refractivity contribution in [2.75, 3.05) is 7.11 Å². The minimum absolute atomic E-state index is 0.0483. The molecule has 0 atom stereocenters. The SMILES string of the molecule is COc1cc(Cl)ccc1C(=O)NNC(=O)CCc1nc(-c2cccnc2)no1. The van der Waals surface area contributed by atoms with Gasteiger partial charge in [0, 0.05) is 35.8 Å². The van der Waals surface area contributed by atoms with Gasteiger partial charge in [-0.3, -0.25) is 25.4 Å². The minimum atomic E-state index is -0.529. The highest BCUT2D eigenvalue weighted by Gasteiger charge is 2.14. The van der Waals surface area contributed by atoms with E-state index in [1.165, 1.54) is 19.2 Å². The van der Waals surface area contributed by atoms with Crippen LogP contribution in [0.25, 0.3) is 11.4 Å². The number of hydrogen-bond acceptors (Lipinski definition) is 7. The summed E-state index contributed by atoms with van der Waals surface area (Å²) in [6, 6.07) is 8.12. The first-order chi connectivity index (χ1) is 13.6. The van der Waals surface area contributed by atoms with E-state index in [1.54, 1.807) is 30.6 Å². The number of aromatic nitrogens is 3. The lowest BCUT2D eigenvalue weighted by molar-refractivity contribution is -0.121. The smallest absolute Gasteiger partial charge is 0.273 e. The summed E-state index contributed by atoms with van der Waals surface area (Å²) < 4.78 is 10.2. The molecule has 0 bridgehead atoms. The van der Waals surface area contributed by atoms with Gasteiger partial charge in [0.2, 0.25) is 17.6 Å². The van der Waals surface area contributed by atoms with Gasteiger partial charge in [-0.15, -0.1) is 0 Å². The van der Waals surface area contributed by atoms with Crippen LogP contribution in [0.3, 0.4) is 0 Å². The molecule has 0 aliphatic rings. The van der Waals surface area contributed by atoms with E-state index in [1.807, 2.05) is 0 Å². The fourth-order valence-electron chi connectivity index (χ4n) is 2.30. The molecular formula is C18H16ClN5O4. The van der Waals surface area contributed by atoms with Crippen LogP contribution in [0, 0.1) is 0 Å². The monoisotopic (exact) mass is 401 g/mol. The van der Waals surface area contributed by atoms with Crippen molar-refractivity contribution in [1.29, 1.82) is 0 Å². The van der Waals surface area contributed by atoms with Crippen molar-refractivity contribution < 1.29 is 18.8 Å². The van der Waals surface area contributed by atoms with Gasteiger partial charge >= 0.3 is 0 Å². The average Bonchev–Trinajstić information content (AvgIpc) is 3.20. The number of methoxy groups -OCH3 is 1. The van der Waals surface area contributed by atoms with Gasteiger partial charge in [0.1, 0.15) is 5.75 Å². The number of carbonyl (C=O) groups excluding carboxylic acids is 2. The van der Waals surface area contributed by atoms with Crippen LogP contribution in [-0.2, 0) is 11.2 Å². The lowest BCUT2D eigenvalue weighted by atomic mass is 10.2. The number of pyridine rings is 1. The number of halogens is 1. The molecule has 2 amide bonds. The third kappa shape index (κ3) is 4.83. The number of benzene rings is 1. The van der Waals surface area contributed by atoms with Gasteiger partial charge < -0.3 is 9.26 Å². The molecule has 9 nitrogen and oxygen atoms in total. The number of rotatable bonds is 6. The van der Waals surface area contributed by atoms with Gasteiger partial charge in [-0.1, -0.05) is 16.8 Å². The summed E-state index contributed by atoms with van der Waals surface area (Å²) >= 11 is 5.86. The quantitative estimate of drug-likeness (QED) is 0.607. The number of hydrogen-bond donors (Lipinski definition) is 2. The Morgan fingerprint density at radius 2 is 2.11 bits per heavy atom. The average molecular weight is 402 g/mol. The first-order valence-electron chi connectivity index (χ1n) is 8.22. The van der Waals surface area contributed by atoms with Crippen LogP contribution >= 0.6 is 11.6 Å². The van der Waals surface area contributed by atoms with Crippen LogP contribution in [0.15, 0.2) is 47.2 Å². The van der Waals surface area contributed by atoms with Crippen LogP contribution < -0.4 is 15.6 Å². The first-order valence-corrected chi connectivity index (χ1v) is 8.60. The Balaban J connectivity index is 1.50. The standard InChI is InChI=1S/C18H16ClN5O4/c1-27-14-9-12(19)4-5-13(14)18(26)23-22-15(25)6-7-16-21-17(24-28-16)11-3-2-8-20-10-11/h2-5,8-10H,6-7H2,1H3,(H,22,25)(H,23,26). The molecule has 2 N–H and O–H groups in total. The molecule has 0 radical (unpaired) electrons. The lowest BCUT2D eigenvalue weighted by Gasteiger charge is -2.10. The molecule has 0 saturated heterocycles. The Kier molecular flexibility index (Phi) is 6.18. The third-order valence-corrected chi connectivity index (χ3v) is 3.91. The molecule has 0 aliphatic carbocycles. The number of nitrogens with zero attached hydrogens (tertiary/aromatic N) is 3. The fraction of sp³-hybridized carbons (Fsp3) is 0.167. The second kappa shape index (κ2) is 8.96. The molecule has 0 spiro atoms. The van der Waals surface area contributed by atoms with Gasteiger partial charge in [0.25, 0.3) is 5.91 Å². The van der Waals surface area contributed by atoms with Crippen molar-refractivity contribution in [1.82, 2.24) is 26.0 Å². The molecule has 2 heterocycles. The van der Waals surface area contributed by atoms with Crippen molar-refractivity contribution in [3.8, 4) is 17.1 Å². The van der Waals surface area contributed by atoms with E-state index >= 15 is 0 Å².